The van der Waals surface area contributed by atoms with Crippen LogP contribution in [0.1, 0.15) is 30.5 Å². The SMILES string of the molecule is CC1Cc2ccccc2N1C(=O)CC(NC(N)=O)c1ccc(Cl)cc1. The third-order valence-corrected chi connectivity index (χ3v) is 4.70. The number of rotatable bonds is 4. The van der Waals surface area contributed by atoms with Crippen LogP contribution in [0.25, 0.3) is 0 Å². The second kappa shape index (κ2) is 7.15. The van der Waals surface area contributed by atoms with E-state index in [2.05, 4.69) is 5.32 Å². The van der Waals surface area contributed by atoms with Crippen LogP contribution < -0.4 is 16.0 Å². The summed E-state index contributed by atoms with van der Waals surface area (Å²) in [6.07, 6.45) is 0.958. The molecule has 2 atom stereocenters. The summed E-state index contributed by atoms with van der Waals surface area (Å²) in [6, 6.07) is 13.9. The first-order valence-corrected chi connectivity index (χ1v) is 8.55. The molecule has 1 aliphatic heterocycles. The molecule has 3 rings (SSSR count). The van der Waals surface area contributed by atoms with Crippen molar-refractivity contribution >= 4 is 29.2 Å². The fourth-order valence-corrected chi connectivity index (χ4v) is 3.46. The smallest absolute Gasteiger partial charge is 0.312 e. The van der Waals surface area contributed by atoms with E-state index in [-0.39, 0.29) is 18.4 Å². The van der Waals surface area contributed by atoms with Crippen molar-refractivity contribution in [1.29, 1.82) is 0 Å². The second-order valence-electron chi connectivity index (χ2n) is 6.26. The van der Waals surface area contributed by atoms with Crippen LogP contribution in [-0.4, -0.2) is 18.0 Å². The molecule has 0 saturated carbocycles. The molecule has 25 heavy (non-hydrogen) atoms. The summed E-state index contributed by atoms with van der Waals surface area (Å²) >= 11 is 5.92. The Kier molecular flexibility index (Phi) is 4.95. The Balaban J connectivity index is 1.83. The van der Waals surface area contributed by atoms with Gasteiger partial charge in [-0.3, -0.25) is 4.79 Å². The Labute approximate surface area is 151 Å². The summed E-state index contributed by atoms with van der Waals surface area (Å²) in [5, 5.41) is 3.25. The minimum absolute atomic E-state index is 0.0499. The molecule has 1 heterocycles. The molecule has 0 radical (unpaired) electrons. The Hall–Kier alpha value is -2.53. The lowest BCUT2D eigenvalue weighted by molar-refractivity contribution is -0.119. The average molecular weight is 358 g/mol. The number of fused-ring (bicyclic) bond motifs is 1. The average Bonchev–Trinajstić information content (AvgIpc) is 2.90. The number of urea groups is 1. The molecular formula is C19H20ClN3O2. The Morgan fingerprint density at radius 1 is 1.24 bits per heavy atom. The van der Waals surface area contributed by atoms with Gasteiger partial charge >= 0.3 is 6.03 Å². The Morgan fingerprint density at radius 3 is 2.60 bits per heavy atom. The first kappa shape index (κ1) is 17.3. The van der Waals surface area contributed by atoms with Crippen LogP contribution in [0, 0.1) is 0 Å². The highest BCUT2D eigenvalue weighted by Crippen LogP contribution is 2.33. The number of para-hydroxylation sites is 1. The number of hydrogen-bond donors (Lipinski definition) is 2. The lowest BCUT2D eigenvalue weighted by atomic mass is 10.0. The van der Waals surface area contributed by atoms with Gasteiger partial charge in [0.15, 0.2) is 0 Å². The number of carbonyl (C=O) groups is 2. The largest absolute Gasteiger partial charge is 0.352 e. The molecule has 0 fully saturated rings. The van der Waals surface area contributed by atoms with E-state index in [4.69, 9.17) is 17.3 Å². The molecule has 3 amide bonds. The van der Waals surface area contributed by atoms with Crippen LogP contribution in [0.2, 0.25) is 5.02 Å². The highest BCUT2D eigenvalue weighted by atomic mass is 35.5. The van der Waals surface area contributed by atoms with Gasteiger partial charge < -0.3 is 16.0 Å². The van der Waals surface area contributed by atoms with Crippen LogP contribution in [0.5, 0.6) is 0 Å². The van der Waals surface area contributed by atoms with Gasteiger partial charge in [-0.1, -0.05) is 41.9 Å². The maximum Gasteiger partial charge on any atom is 0.312 e. The molecule has 0 spiro atoms. The highest BCUT2D eigenvalue weighted by Gasteiger charge is 2.32. The van der Waals surface area contributed by atoms with Gasteiger partial charge in [-0.2, -0.15) is 0 Å². The zero-order valence-corrected chi connectivity index (χ0v) is 14.7. The van der Waals surface area contributed by atoms with Crippen molar-refractivity contribution in [2.24, 2.45) is 5.73 Å². The van der Waals surface area contributed by atoms with E-state index < -0.39 is 12.1 Å². The molecule has 1 aliphatic rings. The predicted molar refractivity (Wildman–Crippen MR) is 98.6 cm³/mol. The minimum Gasteiger partial charge on any atom is -0.352 e. The molecule has 0 aliphatic carbocycles. The molecule has 0 aromatic heterocycles. The van der Waals surface area contributed by atoms with Crippen LogP contribution in [0.4, 0.5) is 10.5 Å². The Morgan fingerprint density at radius 2 is 1.92 bits per heavy atom. The van der Waals surface area contributed by atoms with Gasteiger partial charge in [0.2, 0.25) is 5.91 Å². The molecule has 2 aromatic carbocycles. The zero-order chi connectivity index (χ0) is 18.0. The van der Waals surface area contributed by atoms with Crippen molar-refractivity contribution in [3.8, 4) is 0 Å². The van der Waals surface area contributed by atoms with Crippen molar-refractivity contribution in [2.45, 2.75) is 31.8 Å². The van der Waals surface area contributed by atoms with E-state index in [0.29, 0.717) is 5.02 Å². The molecule has 3 N–H and O–H groups in total. The number of hydrogen-bond acceptors (Lipinski definition) is 2. The predicted octanol–water partition coefficient (Wildman–Crippen LogP) is 3.42. The number of anilines is 1. The number of benzene rings is 2. The van der Waals surface area contributed by atoms with E-state index in [1.165, 1.54) is 0 Å². The molecule has 2 unspecified atom stereocenters. The van der Waals surface area contributed by atoms with Crippen molar-refractivity contribution in [1.82, 2.24) is 5.32 Å². The number of nitrogens with two attached hydrogens (primary N) is 1. The zero-order valence-electron chi connectivity index (χ0n) is 13.9. The van der Waals surface area contributed by atoms with Crippen LogP contribution in [-0.2, 0) is 11.2 Å². The molecule has 0 saturated heterocycles. The summed E-state index contributed by atoms with van der Waals surface area (Å²) in [7, 11) is 0. The third kappa shape index (κ3) is 3.77. The summed E-state index contributed by atoms with van der Waals surface area (Å²) < 4.78 is 0. The van der Waals surface area contributed by atoms with Gasteiger partial charge in [0.25, 0.3) is 0 Å². The number of halogens is 1. The van der Waals surface area contributed by atoms with Gasteiger partial charge in [-0.25, -0.2) is 4.79 Å². The van der Waals surface area contributed by atoms with Crippen molar-refractivity contribution in [3.63, 3.8) is 0 Å². The normalized spacial score (nSPS) is 17.0. The number of primary amides is 1. The first-order valence-electron chi connectivity index (χ1n) is 8.17. The number of amides is 3. The second-order valence-corrected chi connectivity index (χ2v) is 6.70. The van der Waals surface area contributed by atoms with Crippen molar-refractivity contribution in [2.75, 3.05) is 4.90 Å². The van der Waals surface area contributed by atoms with Gasteiger partial charge in [-0.05, 0) is 42.7 Å². The van der Waals surface area contributed by atoms with Crippen LogP contribution in [0.15, 0.2) is 48.5 Å². The van der Waals surface area contributed by atoms with E-state index in [9.17, 15) is 9.59 Å². The quantitative estimate of drug-likeness (QED) is 0.879. The standard InChI is InChI=1S/C19H20ClN3O2/c1-12-10-14-4-2-3-5-17(14)23(12)18(24)11-16(22-19(21)25)13-6-8-15(20)9-7-13/h2-9,12,16H,10-11H2,1H3,(H3,21,22,25). The van der Waals surface area contributed by atoms with E-state index in [1.54, 1.807) is 29.2 Å². The van der Waals surface area contributed by atoms with Crippen LogP contribution >= 0.6 is 11.6 Å². The van der Waals surface area contributed by atoms with E-state index in [1.807, 2.05) is 31.2 Å². The fourth-order valence-electron chi connectivity index (χ4n) is 3.34. The lowest BCUT2D eigenvalue weighted by Gasteiger charge is -2.26. The van der Waals surface area contributed by atoms with Crippen LogP contribution in [0.3, 0.4) is 0 Å². The molecule has 6 heteroatoms. The van der Waals surface area contributed by atoms with Gasteiger partial charge in [0.1, 0.15) is 0 Å². The van der Waals surface area contributed by atoms with E-state index in [0.717, 1.165) is 23.2 Å². The van der Waals surface area contributed by atoms with Gasteiger partial charge in [0.05, 0.1) is 12.5 Å². The topological polar surface area (TPSA) is 75.4 Å². The van der Waals surface area contributed by atoms with E-state index >= 15 is 0 Å². The molecular weight excluding hydrogens is 338 g/mol. The molecule has 130 valence electrons. The Bertz CT molecular complexity index is 792. The minimum atomic E-state index is -0.664. The molecule has 5 nitrogen and oxygen atoms in total. The monoisotopic (exact) mass is 357 g/mol. The molecule has 0 bridgehead atoms. The first-order chi connectivity index (χ1) is 12.0. The highest BCUT2D eigenvalue weighted by molar-refractivity contribution is 6.30. The summed E-state index contributed by atoms with van der Waals surface area (Å²) in [5.74, 6) is -0.0499. The fraction of sp³-hybridized carbons (Fsp3) is 0.263. The maximum atomic E-state index is 13.0. The lowest BCUT2D eigenvalue weighted by Crippen LogP contribution is -2.40. The van der Waals surface area contributed by atoms with Crippen molar-refractivity contribution < 1.29 is 9.59 Å². The number of carbonyl (C=O) groups excluding carboxylic acids is 2. The third-order valence-electron chi connectivity index (χ3n) is 4.44. The number of nitrogens with one attached hydrogen (secondary N) is 1. The van der Waals surface area contributed by atoms with Gasteiger partial charge in [0, 0.05) is 16.8 Å². The van der Waals surface area contributed by atoms with Crippen molar-refractivity contribution in [3.05, 3.63) is 64.7 Å². The maximum absolute atomic E-state index is 13.0. The molecule has 2 aromatic rings. The van der Waals surface area contributed by atoms with Gasteiger partial charge in [-0.15, -0.1) is 0 Å². The number of nitrogens with zero attached hydrogens (tertiary/aromatic N) is 1. The summed E-state index contributed by atoms with van der Waals surface area (Å²) in [4.78, 5) is 26.1. The summed E-state index contributed by atoms with van der Waals surface area (Å²) in [5.41, 5.74) is 8.18. The summed E-state index contributed by atoms with van der Waals surface area (Å²) in [6.45, 7) is 2.02.